The van der Waals surface area contributed by atoms with Gasteiger partial charge in [-0.1, -0.05) is 20.8 Å². The van der Waals surface area contributed by atoms with Gasteiger partial charge in [0.15, 0.2) is 8.32 Å². The number of carbonyl (C=O) groups is 2. The summed E-state index contributed by atoms with van der Waals surface area (Å²) in [7, 11) is -1.92. The molecule has 1 aliphatic carbocycles. The summed E-state index contributed by atoms with van der Waals surface area (Å²) in [4.78, 5) is 22.2. The first kappa shape index (κ1) is 19.2. The number of esters is 1. The Morgan fingerprint density at radius 3 is 2.14 bits per heavy atom. The molecule has 3 atom stereocenters. The number of carboxylic acids is 1. The lowest BCUT2D eigenvalue weighted by Gasteiger charge is -2.42. The van der Waals surface area contributed by atoms with Crippen LogP contribution in [-0.2, 0) is 18.8 Å². The highest BCUT2D eigenvalue weighted by atomic mass is 28.4. The van der Waals surface area contributed by atoms with E-state index in [0.29, 0.717) is 12.8 Å². The molecule has 3 unspecified atom stereocenters. The summed E-state index contributed by atoms with van der Waals surface area (Å²) in [6.07, 6.45) is 1.87. The van der Waals surface area contributed by atoms with E-state index in [-0.39, 0.29) is 35.6 Å². The first-order chi connectivity index (χ1) is 9.90. The lowest BCUT2D eigenvalue weighted by atomic mass is 9.83. The van der Waals surface area contributed by atoms with Gasteiger partial charge in [0.25, 0.3) is 0 Å². The second-order valence-electron chi connectivity index (χ2n) is 7.90. The maximum Gasteiger partial charge on any atom is 0.303 e. The van der Waals surface area contributed by atoms with Crippen LogP contribution >= 0.6 is 0 Å². The number of hydrogen-bond acceptors (Lipinski definition) is 4. The summed E-state index contributed by atoms with van der Waals surface area (Å²) >= 11 is 0. The minimum Gasteiger partial charge on any atom is -0.481 e. The predicted molar refractivity (Wildman–Crippen MR) is 87.2 cm³/mol. The van der Waals surface area contributed by atoms with Crippen molar-refractivity contribution in [1.29, 1.82) is 0 Å². The number of rotatable bonds is 5. The summed E-state index contributed by atoms with van der Waals surface area (Å²) in [6.45, 7) is 12.3. The molecule has 5 nitrogen and oxygen atoms in total. The van der Waals surface area contributed by atoms with Crippen molar-refractivity contribution in [1.82, 2.24) is 0 Å². The molecule has 1 N–H and O–H groups in total. The Hall–Kier alpha value is -0.883. The van der Waals surface area contributed by atoms with Crippen LogP contribution in [0.15, 0.2) is 0 Å². The minimum atomic E-state index is -1.92. The van der Waals surface area contributed by atoms with Crippen LogP contribution in [0, 0.1) is 5.92 Å². The number of carboxylic acid groups (broad SMARTS) is 1. The molecule has 0 spiro atoms. The van der Waals surface area contributed by atoms with Gasteiger partial charge in [0.05, 0.1) is 0 Å². The van der Waals surface area contributed by atoms with E-state index in [9.17, 15) is 9.59 Å². The Balaban J connectivity index is 2.79. The summed E-state index contributed by atoms with van der Waals surface area (Å²) in [5, 5.41) is 9.14. The topological polar surface area (TPSA) is 72.8 Å². The molecule has 0 bridgehead atoms. The van der Waals surface area contributed by atoms with E-state index in [1.54, 1.807) is 0 Å². The van der Waals surface area contributed by atoms with Crippen molar-refractivity contribution in [3.8, 4) is 0 Å². The quantitative estimate of drug-likeness (QED) is 0.616. The van der Waals surface area contributed by atoms with E-state index in [2.05, 4.69) is 33.9 Å². The van der Waals surface area contributed by atoms with E-state index in [1.807, 2.05) is 0 Å². The average Bonchev–Trinajstić information content (AvgIpc) is 2.23. The van der Waals surface area contributed by atoms with Gasteiger partial charge >= 0.3 is 11.9 Å². The van der Waals surface area contributed by atoms with Crippen LogP contribution in [0.2, 0.25) is 18.1 Å². The Morgan fingerprint density at radius 1 is 1.14 bits per heavy atom. The molecule has 1 fully saturated rings. The lowest BCUT2D eigenvalue weighted by molar-refractivity contribution is -0.151. The van der Waals surface area contributed by atoms with Crippen molar-refractivity contribution >= 4 is 20.3 Å². The first-order valence-electron chi connectivity index (χ1n) is 7.97. The Bertz CT molecular complexity index is 389. The zero-order chi connectivity index (χ0) is 17.1. The molecule has 1 rings (SSSR count). The predicted octanol–water partition coefficient (Wildman–Crippen LogP) is 3.58. The molecule has 0 heterocycles. The van der Waals surface area contributed by atoms with Gasteiger partial charge in [-0.05, 0) is 36.9 Å². The summed E-state index contributed by atoms with van der Waals surface area (Å²) in [5.41, 5.74) is 0. The standard InChI is InChI=1S/C16H30O5Si/c1-11(17)20-13-7-12(9-15(18)19)8-14(10-13)21-22(5,6)16(2,3)4/h12-14H,7-10H2,1-6H3,(H,18,19). The third-order valence-electron chi connectivity index (χ3n) is 4.78. The van der Waals surface area contributed by atoms with Crippen molar-refractivity contribution in [2.45, 2.75) is 83.7 Å². The van der Waals surface area contributed by atoms with Crippen LogP contribution in [-0.4, -0.2) is 37.6 Å². The molecule has 0 radical (unpaired) electrons. The SMILES string of the molecule is CC(=O)OC1CC(CC(=O)O)CC(O[Si](C)(C)C(C)(C)C)C1. The fourth-order valence-electron chi connectivity index (χ4n) is 2.76. The van der Waals surface area contributed by atoms with E-state index in [1.165, 1.54) is 6.92 Å². The van der Waals surface area contributed by atoms with Gasteiger partial charge in [-0.15, -0.1) is 0 Å². The van der Waals surface area contributed by atoms with Crippen molar-refractivity contribution in [2.24, 2.45) is 5.92 Å². The molecule has 0 aliphatic heterocycles. The molecule has 1 aliphatic rings. The van der Waals surface area contributed by atoms with Gasteiger partial charge in [0.1, 0.15) is 6.10 Å². The van der Waals surface area contributed by atoms with E-state index >= 15 is 0 Å². The molecule has 6 heteroatoms. The number of hydrogen-bond donors (Lipinski definition) is 1. The maximum absolute atomic E-state index is 11.2. The van der Waals surface area contributed by atoms with Crippen LogP contribution in [0.5, 0.6) is 0 Å². The molecule has 0 aromatic heterocycles. The van der Waals surface area contributed by atoms with Crippen molar-refractivity contribution in [3.63, 3.8) is 0 Å². The highest BCUT2D eigenvalue weighted by molar-refractivity contribution is 6.74. The van der Waals surface area contributed by atoms with E-state index in [4.69, 9.17) is 14.3 Å². The van der Waals surface area contributed by atoms with Crippen LogP contribution in [0.3, 0.4) is 0 Å². The molecule has 0 aromatic carbocycles. The molecule has 0 saturated heterocycles. The zero-order valence-corrected chi connectivity index (χ0v) is 15.6. The van der Waals surface area contributed by atoms with Gasteiger partial charge in [-0.2, -0.15) is 0 Å². The lowest BCUT2D eigenvalue weighted by Crippen LogP contribution is -2.47. The summed E-state index contributed by atoms with van der Waals surface area (Å²) < 4.78 is 11.8. The third-order valence-corrected chi connectivity index (χ3v) is 9.32. The highest BCUT2D eigenvalue weighted by Crippen LogP contribution is 2.40. The smallest absolute Gasteiger partial charge is 0.303 e. The Labute approximate surface area is 134 Å². The van der Waals surface area contributed by atoms with Gasteiger partial charge in [0.2, 0.25) is 0 Å². The van der Waals surface area contributed by atoms with E-state index in [0.717, 1.165) is 6.42 Å². The van der Waals surface area contributed by atoms with Crippen molar-refractivity contribution < 1.29 is 23.9 Å². The minimum absolute atomic E-state index is 0.00497. The molecule has 128 valence electrons. The number of ether oxygens (including phenoxy) is 1. The molecular formula is C16H30O5Si. The largest absolute Gasteiger partial charge is 0.481 e. The normalized spacial score (nSPS) is 26.5. The van der Waals surface area contributed by atoms with Gasteiger partial charge in [0, 0.05) is 25.9 Å². The second-order valence-corrected chi connectivity index (χ2v) is 12.7. The van der Waals surface area contributed by atoms with Gasteiger partial charge in [-0.25, -0.2) is 0 Å². The van der Waals surface area contributed by atoms with Gasteiger partial charge < -0.3 is 14.3 Å². The van der Waals surface area contributed by atoms with Crippen LogP contribution in [0.25, 0.3) is 0 Å². The van der Waals surface area contributed by atoms with Gasteiger partial charge in [-0.3, -0.25) is 9.59 Å². The Kier molecular flexibility index (Phi) is 6.21. The number of aliphatic carboxylic acids is 1. The fourth-order valence-corrected chi connectivity index (χ4v) is 4.14. The molecular weight excluding hydrogens is 300 g/mol. The zero-order valence-electron chi connectivity index (χ0n) is 14.6. The molecule has 0 aromatic rings. The maximum atomic E-state index is 11.2. The second kappa shape index (κ2) is 7.13. The third kappa shape index (κ3) is 5.72. The number of carbonyl (C=O) groups excluding carboxylic acids is 1. The Morgan fingerprint density at radius 2 is 1.68 bits per heavy atom. The van der Waals surface area contributed by atoms with Crippen molar-refractivity contribution in [3.05, 3.63) is 0 Å². The monoisotopic (exact) mass is 330 g/mol. The molecule has 1 saturated carbocycles. The van der Waals surface area contributed by atoms with Crippen LogP contribution < -0.4 is 0 Å². The molecule has 0 amide bonds. The fraction of sp³-hybridized carbons (Fsp3) is 0.875. The summed E-state index contributed by atoms with van der Waals surface area (Å²) in [6, 6.07) is 0. The molecule has 22 heavy (non-hydrogen) atoms. The first-order valence-corrected chi connectivity index (χ1v) is 10.9. The van der Waals surface area contributed by atoms with Crippen molar-refractivity contribution in [2.75, 3.05) is 0 Å². The summed E-state index contributed by atoms with van der Waals surface area (Å²) in [5.74, 6) is -1.11. The van der Waals surface area contributed by atoms with Crippen LogP contribution in [0.4, 0.5) is 0 Å². The van der Waals surface area contributed by atoms with Crippen LogP contribution in [0.1, 0.15) is 53.4 Å². The highest BCUT2D eigenvalue weighted by Gasteiger charge is 2.42. The average molecular weight is 330 g/mol. The van der Waals surface area contributed by atoms with E-state index < -0.39 is 14.3 Å².